The molecule has 0 aliphatic heterocycles. The van der Waals surface area contributed by atoms with E-state index in [0.717, 1.165) is 5.76 Å². The van der Waals surface area contributed by atoms with Crippen molar-refractivity contribution in [3.05, 3.63) is 23.7 Å². The van der Waals surface area contributed by atoms with E-state index in [1.807, 2.05) is 13.8 Å². The zero-order valence-electron chi connectivity index (χ0n) is 8.07. The number of aliphatic hydroxyl groups is 1. The molecule has 3 heteroatoms. The minimum Gasteiger partial charge on any atom is -0.458 e. The lowest BCUT2D eigenvalue weighted by atomic mass is 10.2. The van der Waals surface area contributed by atoms with E-state index in [0.29, 0.717) is 0 Å². The van der Waals surface area contributed by atoms with Crippen LogP contribution in [0, 0.1) is 0 Å². The van der Waals surface area contributed by atoms with Crippen LogP contribution in [0.5, 0.6) is 0 Å². The van der Waals surface area contributed by atoms with Gasteiger partial charge < -0.3 is 9.52 Å². The number of hydrogen-bond acceptors (Lipinski definition) is 3. The third-order valence-electron chi connectivity index (χ3n) is 1.82. The molecule has 0 bridgehead atoms. The van der Waals surface area contributed by atoms with Crippen LogP contribution in [-0.4, -0.2) is 17.0 Å². The minimum absolute atomic E-state index is 0.235. The SMILES string of the molecule is CC(O)C(=O)c1ccc(C(C)C)o1. The van der Waals surface area contributed by atoms with Crippen LogP contribution >= 0.6 is 0 Å². The van der Waals surface area contributed by atoms with Gasteiger partial charge in [0.25, 0.3) is 0 Å². The normalized spacial score (nSPS) is 13.3. The van der Waals surface area contributed by atoms with Gasteiger partial charge in [0.15, 0.2) is 5.76 Å². The molecule has 0 amide bonds. The van der Waals surface area contributed by atoms with Crippen molar-refractivity contribution >= 4 is 5.78 Å². The smallest absolute Gasteiger partial charge is 0.226 e. The molecule has 1 rings (SSSR count). The van der Waals surface area contributed by atoms with E-state index >= 15 is 0 Å². The number of carbonyl (C=O) groups excluding carboxylic acids is 1. The molecule has 0 fully saturated rings. The molecule has 0 spiro atoms. The first kappa shape index (κ1) is 9.99. The Morgan fingerprint density at radius 2 is 2.00 bits per heavy atom. The van der Waals surface area contributed by atoms with Gasteiger partial charge in [-0.05, 0) is 19.1 Å². The molecule has 0 saturated carbocycles. The highest BCUT2D eigenvalue weighted by Gasteiger charge is 2.16. The molecule has 1 unspecified atom stereocenters. The van der Waals surface area contributed by atoms with Gasteiger partial charge in [0.1, 0.15) is 11.9 Å². The zero-order chi connectivity index (χ0) is 10.0. The maximum atomic E-state index is 11.2. The molecular formula is C10H14O3. The lowest BCUT2D eigenvalue weighted by Crippen LogP contribution is -2.15. The van der Waals surface area contributed by atoms with Gasteiger partial charge in [-0.25, -0.2) is 0 Å². The summed E-state index contributed by atoms with van der Waals surface area (Å²) in [6, 6.07) is 3.37. The molecule has 0 radical (unpaired) electrons. The summed E-state index contributed by atoms with van der Waals surface area (Å²) in [5, 5.41) is 9.01. The van der Waals surface area contributed by atoms with Crippen molar-refractivity contribution in [1.82, 2.24) is 0 Å². The second-order valence-corrected chi connectivity index (χ2v) is 3.40. The molecule has 1 atom stereocenters. The third kappa shape index (κ3) is 2.18. The molecule has 0 aliphatic carbocycles. The van der Waals surface area contributed by atoms with Crippen molar-refractivity contribution in [3.8, 4) is 0 Å². The summed E-state index contributed by atoms with van der Waals surface area (Å²) in [7, 11) is 0. The number of hydrogen-bond donors (Lipinski definition) is 1. The number of ketones is 1. The van der Waals surface area contributed by atoms with Crippen LogP contribution in [-0.2, 0) is 0 Å². The summed E-state index contributed by atoms with van der Waals surface area (Å²) < 4.78 is 5.26. The fourth-order valence-electron chi connectivity index (χ4n) is 1.00. The number of furan rings is 1. The third-order valence-corrected chi connectivity index (χ3v) is 1.82. The highest BCUT2D eigenvalue weighted by molar-refractivity contribution is 5.96. The van der Waals surface area contributed by atoms with E-state index in [-0.39, 0.29) is 17.5 Å². The Hall–Kier alpha value is -1.09. The largest absolute Gasteiger partial charge is 0.458 e. The first-order chi connectivity index (χ1) is 6.02. The van der Waals surface area contributed by atoms with Crippen molar-refractivity contribution in [3.63, 3.8) is 0 Å². The molecular weight excluding hydrogens is 168 g/mol. The molecule has 13 heavy (non-hydrogen) atoms. The van der Waals surface area contributed by atoms with Crippen molar-refractivity contribution in [2.75, 3.05) is 0 Å². The van der Waals surface area contributed by atoms with Crippen molar-refractivity contribution in [2.45, 2.75) is 32.8 Å². The maximum absolute atomic E-state index is 11.2. The molecule has 3 nitrogen and oxygen atoms in total. The lowest BCUT2D eigenvalue weighted by molar-refractivity contribution is 0.0748. The number of aliphatic hydroxyl groups excluding tert-OH is 1. The second kappa shape index (κ2) is 3.75. The molecule has 0 saturated heterocycles. The molecule has 1 N–H and O–H groups in total. The van der Waals surface area contributed by atoms with Crippen LogP contribution in [0.25, 0.3) is 0 Å². The Morgan fingerprint density at radius 1 is 1.38 bits per heavy atom. The maximum Gasteiger partial charge on any atom is 0.226 e. The first-order valence-electron chi connectivity index (χ1n) is 4.34. The minimum atomic E-state index is -0.994. The average molecular weight is 182 g/mol. The Balaban J connectivity index is 2.86. The van der Waals surface area contributed by atoms with Crippen molar-refractivity contribution < 1.29 is 14.3 Å². The highest BCUT2D eigenvalue weighted by atomic mass is 16.4. The summed E-state index contributed by atoms with van der Waals surface area (Å²) in [5.41, 5.74) is 0. The molecule has 0 aliphatic rings. The molecule has 0 aromatic carbocycles. The van der Waals surface area contributed by atoms with E-state index < -0.39 is 6.10 Å². The van der Waals surface area contributed by atoms with Crippen LogP contribution in [0.15, 0.2) is 16.5 Å². The summed E-state index contributed by atoms with van der Waals surface area (Å²) >= 11 is 0. The monoisotopic (exact) mass is 182 g/mol. The number of Topliss-reactive ketones (excluding diaryl/α,β-unsaturated/α-hetero) is 1. The predicted octanol–water partition coefficient (Wildman–Crippen LogP) is 1.97. The summed E-state index contributed by atoms with van der Waals surface area (Å²) in [6.07, 6.45) is -0.994. The van der Waals surface area contributed by atoms with E-state index in [9.17, 15) is 4.79 Å². The van der Waals surface area contributed by atoms with Gasteiger partial charge in [0.2, 0.25) is 5.78 Å². The van der Waals surface area contributed by atoms with Gasteiger partial charge in [-0.15, -0.1) is 0 Å². The predicted molar refractivity (Wildman–Crippen MR) is 48.8 cm³/mol. The van der Waals surface area contributed by atoms with E-state index in [1.54, 1.807) is 12.1 Å². The fraction of sp³-hybridized carbons (Fsp3) is 0.500. The van der Waals surface area contributed by atoms with Gasteiger partial charge in [0.05, 0.1) is 0 Å². The molecule has 72 valence electrons. The van der Waals surface area contributed by atoms with Crippen LogP contribution < -0.4 is 0 Å². The van der Waals surface area contributed by atoms with E-state index in [2.05, 4.69) is 0 Å². The summed E-state index contributed by atoms with van der Waals surface area (Å²) in [4.78, 5) is 11.2. The number of carbonyl (C=O) groups is 1. The Morgan fingerprint density at radius 3 is 2.38 bits per heavy atom. The average Bonchev–Trinajstić information content (AvgIpc) is 2.50. The van der Waals surface area contributed by atoms with Gasteiger partial charge in [-0.3, -0.25) is 4.79 Å². The Labute approximate surface area is 77.4 Å². The van der Waals surface area contributed by atoms with Gasteiger partial charge in [-0.1, -0.05) is 13.8 Å². The van der Waals surface area contributed by atoms with Crippen molar-refractivity contribution in [1.29, 1.82) is 0 Å². The van der Waals surface area contributed by atoms with Gasteiger partial charge >= 0.3 is 0 Å². The topological polar surface area (TPSA) is 50.4 Å². The van der Waals surface area contributed by atoms with Crippen LogP contribution in [0.4, 0.5) is 0 Å². The first-order valence-corrected chi connectivity index (χ1v) is 4.34. The standard InChI is InChI=1S/C10H14O3/c1-6(2)8-4-5-9(13-8)10(12)7(3)11/h4-7,11H,1-3H3. The fourth-order valence-corrected chi connectivity index (χ4v) is 1.00. The van der Waals surface area contributed by atoms with Crippen LogP contribution in [0.2, 0.25) is 0 Å². The second-order valence-electron chi connectivity index (χ2n) is 3.40. The van der Waals surface area contributed by atoms with E-state index in [4.69, 9.17) is 9.52 Å². The quantitative estimate of drug-likeness (QED) is 0.727. The van der Waals surface area contributed by atoms with E-state index in [1.165, 1.54) is 6.92 Å². The zero-order valence-corrected chi connectivity index (χ0v) is 8.07. The Bertz CT molecular complexity index is 297. The summed E-state index contributed by atoms with van der Waals surface area (Å²) in [5.74, 6) is 0.894. The lowest BCUT2D eigenvalue weighted by Gasteiger charge is -2.00. The van der Waals surface area contributed by atoms with Gasteiger partial charge in [-0.2, -0.15) is 0 Å². The number of rotatable bonds is 3. The Kier molecular flexibility index (Phi) is 2.88. The molecule has 1 heterocycles. The van der Waals surface area contributed by atoms with Crippen LogP contribution in [0.1, 0.15) is 43.0 Å². The van der Waals surface area contributed by atoms with Crippen molar-refractivity contribution in [2.24, 2.45) is 0 Å². The van der Waals surface area contributed by atoms with Crippen LogP contribution in [0.3, 0.4) is 0 Å². The molecule has 1 aromatic rings. The highest BCUT2D eigenvalue weighted by Crippen LogP contribution is 2.18. The summed E-state index contributed by atoms with van der Waals surface area (Å²) in [6.45, 7) is 5.39. The van der Waals surface area contributed by atoms with Gasteiger partial charge in [0, 0.05) is 5.92 Å². The molecule has 1 aromatic heterocycles.